The van der Waals surface area contributed by atoms with Crippen molar-refractivity contribution in [3.8, 4) is 0 Å². The number of pyridine rings is 1. The molecule has 1 aromatic heterocycles. The third kappa shape index (κ3) is 1.87. The number of halogens is 3. The molecule has 0 spiro atoms. The number of nitro groups is 1. The average molecular weight is 224 g/mol. The van der Waals surface area contributed by atoms with Crippen molar-refractivity contribution in [1.82, 2.24) is 4.98 Å². The minimum Gasteiger partial charge on any atom is -0.383 e. The molecule has 5 nitrogen and oxygen atoms in total. The van der Waals surface area contributed by atoms with E-state index in [1.807, 2.05) is 0 Å². The summed E-state index contributed by atoms with van der Waals surface area (Å²) in [6.07, 6.45) is -2.92. The number of alkyl halides is 2. The Hall–Kier alpha value is -1.50. The number of anilines is 1. The number of hydrogen-bond donors (Lipinski definition) is 1. The van der Waals surface area contributed by atoms with Crippen molar-refractivity contribution < 1.29 is 13.7 Å². The van der Waals surface area contributed by atoms with Crippen LogP contribution in [0.2, 0.25) is 5.15 Å². The normalized spacial score (nSPS) is 10.6. The van der Waals surface area contributed by atoms with Crippen molar-refractivity contribution in [3.63, 3.8) is 0 Å². The van der Waals surface area contributed by atoms with Gasteiger partial charge in [-0.05, 0) is 0 Å². The number of hydrogen-bond acceptors (Lipinski definition) is 4. The molecule has 0 aliphatic rings. The fourth-order valence-electron chi connectivity index (χ4n) is 0.811. The standard InChI is InChI=1S/C6H4ClF2N3O2/c7-4-3(12(13)14)1-2(5(8)9)6(10)11-4/h1,5H,(H2,10,11). The van der Waals surface area contributed by atoms with Gasteiger partial charge in [-0.3, -0.25) is 10.1 Å². The van der Waals surface area contributed by atoms with Crippen LogP contribution in [0, 0.1) is 10.1 Å². The summed E-state index contributed by atoms with van der Waals surface area (Å²) in [7, 11) is 0. The zero-order valence-corrected chi connectivity index (χ0v) is 7.33. The van der Waals surface area contributed by atoms with E-state index in [2.05, 4.69) is 4.98 Å². The molecular formula is C6H4ClF2N3O2. The molecule has 2 N–H and O–H groups in total. The first kappa shape index (κ1) is 10.6. The molecule has 0 amide bonds. The van der Waals surface area contributed by atoms with E-state index in [0.717, 1.165) is 0 Å². The number of aromatic nitrogens is 1. The number of nitrogens with two attached hydrogens (primary N) is 1. The first-order chi connectivity index (χ1) is 6.43. The first-order valence-electron chi connectivity index (χ1n) is 3.32. The summed E-state index contributed by atoms with van der Waals surface area (Å²) in [4.78, 5) is 12.6. The minimum absolute atomic E-state index is 0.503. The second-order valence-corrected chi connectivity index (χ2v) is 2.69. The van der Waals surface area contributed by atoms with Crippen molar-refractivity contribution in [2.45, 2.75) is 6.43 Å². The van der Waals surface area contributed by atoms with Crippen LogP contribution in [0.15, 0.2) is 6.07 Å². The maximum absolute atomic E-state index is 12.2. The van der Waals surface area contributed by atoms with Gasteiger partial charge in [0, 0.05) is 6.07 Å². The molecule has 0 saturated carbocycles. The highest BCUT2D eigenvalue weighted by atomic mass is 35.5. The molecule has 0 aliphatic heterocycles. The van der Waals surface area contributed by atoms with Gasteiger partial charge in [0.05, 0.1) is 10.5 Å². The summed E-state index contributed by atoms with van der Waals surface area (Å²) in [6.45, 7) is 0. The molecule has 0 saturated heterocycles. The third-order valence-corrected chi connectivity index (χ3v) is 1.73. The Balaban J connectivity index is 3.34. The lowest BCUT2D eigenvalue weighted by Gasteiger charge is -2.03. The smallest absolute Gasteiger partial charge is 0.307 e. The van der Waals surface area contributed by atoms with Crippen molar-refractivity contribution in [3.05, 3.63) is 26.9 Å². The highest BCUT2D eigenvalue weighted by molar-refractivity contribution is 6.31. The molecule has 1 heterocycles. The minimum atomic E-state index is -2.92. The van der Waals surface area contributed by atoms with Crippen molar-refractivity contribution in [1.29, 1.82) is 0 Å². The number of rotatable bonds is 2. The Morgan fingerprint density at radius 1 is 1.64 bits per heavy atom. The monoisotopic (exact) mass is 223 g/mol. The van der Waals surface area contributed by atoms with Crippen LogP contribution in [0.3, 0.4) is 0 Å². The van der Waals surface area contributed by atoms with Gasteiger partial charge in [-0.15, -0.1) is 0 Å². The van der Waals surface area contributed by atoms with Gasteiger partial charge in [0.15, 0.2) is 0 Å². The maximum Gasteiger partial charge on any atom is 0.307 e. The second kappa shape index (κ2) is 3.70. The number of nitrogen functional groups attached to an aromatic ring is 1. The van der Waals surface area contributed by atoms with E-state index in [0.29, 0.717) is 6.07 Å². The van der Waals surface area contributed by atoms with Crippen LogP contribution in [-0.2, 0) is 0 Å². The largest absolute Gasteiger partial charge is 0.383 e. The molecule has 0 atom stereocenters. The zero-order chi connectivity index (χ0) is 10.9. The average Bonchev–Trinajstić information content (AvgIpc) is 2.02. The summed E-state index contributed by atoms with van der Waals surface area (Å²) < 4.78 is 24.4. The van der Waals surface area contributed by atoms with Gasteiger partial charge in [0.2, 0.25) is 5.15 Å². The Morgan fingerprint density at radius 2 is 2.21 bits per heavy atom. The van der Waals surface area contributed by atoms with Crippen LogP contribution in [-0.4, -0.2) is 9.91 Å². The molecule has 0 fully saturated rings. The molecule has 1 aromatic rings. The van der Waals surface area contributed by atoms with Gasteiger partial charge in [-0.2, -0.15) is 0 Å². The van der Waals surface area contributed by atoms with Gasteiger partial charge in [0.25, 0.3) is 6.43 Å². The summed E-state index contributed by atoms with van der Waals surface area (Å²) in [5.74, 6) is -0.504. The van der Waals surface area contributed by atoms with E-state index >= 15 is 0 Å². The molecule has 0 unspecified atom stereocenters. The predicted molar refractivity (Wildman–Crippen MR) is 45.3 cm³/mol. The lowest BCUT2D eigenvalue weighted by Crippen LogP contribution is -2.01. The summed E-state index contributed by atoms with van der Waals surface area (Å²) in [5, 5.41) is 9.80. The van der Waals surface area contributed by atoms with Crippen LogP contribution in [0.4, 0.5) is 20.3 Å². The second-order valence-electron chi connectivity index (χ2n) is 2.33. The van der Waals surface area contributed by atoms with Crippen molar-refractivity contribution >= 4 is 23.1 Å². The van der Waals surface area contributed by atoms with E-state index in [4.69, 9.17) is 17.3 Å². The molecule has 0 aromatic carbocycles. The van der Waals surface area contributed by atoms with E-state index in [1.54, 1.807) is 0 Å². The summed E-state index contributed by atoms with van der Waals surface area (Å²) >= 11 is 5.32. The maximum atomic E-state index is 12.2. The van der Waals surface area contributed by atoms with Crippen LogP contribution < -0.4 is 5.73 Å². The molecule has 76 valence electrons. The van der Waals surface area contributed by atoms with E-state index in [1.165, 1.54) is 0 Å². The van der Waals surface area contributed by atoms with Gasteiger partial charge < -0.3 is 5.73 Å². The summed E-state index contributed by atoms with van der Waals surface area (Å²) in [5.41, 5.74) is 3.72. The Morgan fingerprint density at radius 3 is 2.64 bits per heavy atom. The van der Waals surface area contributed by atoms with Gasteiger partial charge >= 0.3 is 5.69 Å². The van der Waals surface area contributed by atoms with Gasteiger partial charge in [-0.25, -0.2) is 13.8 Å². The Bertz CT molecular complexity index is 386. The molecule has 0 aliphatic carbocycles. The zero-order valence-electron chi connectivity index (χ0n) is 6.58. The first-order valence-corrected chi connectivity index (χ1v) is 3.69. The quantitative estimate of drug-likeness (QED) is 0.473. The van der Waals surface area contributed by atoms with Crippen molar-refractivity contribution in [2.24, 2.45) is 0 Å². The van der Waals surface area contributed by atoms with E-state index in [9.17, 15) is 18.9 Å². The highest BCUT2D eigenvalue weighted by Gasteiger charge is 2.21. The highest BCUT2D eigenvalue weighted by Crippen LogP contribution is 2.31. The lowest BCUT2D eigenvalue weighted by atomic mass is 10.2. The van der Waals surface area contributed by atoms with Crippen LogP contribution in [0.1, 0.15) is 12.0 Å². The van der Waals surface area contributed by atoms with Crippen LogP contribution in [0.5, 0.6) is 0 Å². The SMILES string of the molecule is Nc1nc(Cl)c([N+](=O)[O-])cc1C(F)F. The lowest BCUT2D eigenvalue weighted by molar-refractivity contribution is -0.385. The fourth-order valence-corrected chi connectivity index (χ4v) is 1.03. The molecule has 1 rings (SSSR count). The fraction of sp³-hybridized carbons (Fsp3) is 0.167. The summed E-state index contributed by atoms with van der Waals surface area (Å²) in [6, 6.07) is 0.620. The molecular weight excluding hydrogens is 220 g/mol. The van der Waals surface area contributed by atoms with Gasteiger partial charge in [0.1, 0.15) is 5.82 Å². The molecule has 0 radical (unpaired) electrons. The molecule has 14 heavy (non-hydrogen) atoms. The topological polar surface area (TPSA) is 82.0 Å². The molecule has 8 heteroatoms. The van der Waals surface area contributed by atoms with Gasteiger partial charge in [-0.1, -0.05) is 11.6 Å². The number of nitrogens with zero attached hydrogens (tertiary/aromatic N) is 2. The Labute approximate surface area is 81.6 Å². The van der Waals surface area contributed by atoms with Crippen molar-refractivity contribution in [2.75, 3.05) is 5.73 Å². The van der Waals surface area contributed by atoms with Crippen LogP contribution >= 0.6 is 11.6 Å². The van der Waals surface area contributed by atoms with E-state index in [-0.39, 0.29) is 0 Å². The third-order valence-electron chi connectivity index (χ3n) is 1.45. The predicted octanol–water partition coefficient (Wildman–Crippen LogP) is 2.16. The molecule has 0 bridgehead atoms. The Kier molecular flexibility index (Phi) is 2.80. The van der Waals surface area contributed by atoms with E-state index < -0.39 is 33.6 Å². The van der Waals surface area contributed by atoms with Crippen LogP contribution in [0.25, 0.3) is 0 Å².